The molecule has 0 aliphatic carbocycles. The monoisotopic (exact) mass is 232 g/mol. The molecule has 1 heterocycles. The number of hydrogen-bond acceptors (Lipinski definition) is 3. The lowest BCUT2D eigenvalue weighted by atomic mass is 9.80. The fraction of sp³-hybridized carbons (Fsp3) is 0.429. The Morgan fingerprint density at radius 2 is 2.06 bits per heavy atom. The molecule has 3 nitrogen and oxygen atoms in total. The van der Waals surface area contributed by atoms with Gasteiger partial charge in [0.1, 0.15) is 5.58 Å². The maximum absolute atomic E-state index is 5.86. The molecule has 17 heavy (non-hydrogen) atoms. The zero-order chi connectivity index (χ0) is 12.5. The van der Waals surface area contributed by atoms with E-state index in [-0.39, 0.29) is 11.5 Å². The third-order valence-electron chi connectivity index (χ3n) is 3.42. The highest BCUT2D eigenvalue weighted by atomic mass is 16.3. The van der Waals surface area contributed by atoms with Crippen LogP contribution in [0.1, 0.15) is 25.5 Å². The lowest BCUT2D eigenvalue weighted by Crippen LogP contribution is -2.37. The van der Waals surface area contributed by atoms with Crippen molar-refractivity contribution in [3.05, 3.63) is 36.1 Å². The number of hydrogen-bond donors (Lipinski definition) is 2. The quantitative estimate of drug-likeness (QED) is 0.852. The molecule has 92 valence electrons. The number of benzene rings is 1. The summed E-state index contributed by atoms with van der Waals surface area (Å²) in [5, 5.41) is 4.51. The van der Waals surface area contributed by atoms with Crippen LogP contribution in [0.5, 0.6) is 0 Å². The van der Waals surface area contributed by atoms with Gasteiger partial charge in [-0.2, -0.15) is 0 Å². The predicted molar refractivity (Wildman–Crippen MR) is 70.9 cm³/mol. The molecule has 2 rings (SSSR count). The molecule has 2 aromatic rings. The van der Waals surface area contributed by atoms with Crippen molar-refractivity contribution >= 4 is 11.0 Å². The lowest BCUT2D eigenvalue weighted by Gasteiger charge is -2.32. The van der Waals surface area contributed by atoms with Crippen LogP contribution in [0.2, 0.25) is 0 Å². The molecule has 0 amide bonds. The first kappa shape index (κ1) is 12.1. The van der Waals surface area contributed by atoms with E-state index in [9.17, 15) is 0 Å². The van der Waals surface area contributed by atoms with E-state index in [0.29, 0.717) is 6.54 Å². The summed E-state index contributed by atoms with van der Waals surface area (Å²) in [6.07, 6.45) is 1.84. The summed E-state index contributed by atoms with van der Waals surface area (Å²) in [6, 6.07) is 8.28. The van der Waals surface area contributed by atoms with Crippen LogP contribution < -0.4 is 11.1 Å². The van der Waals surface area contributed by atoms with Gasteiger partial charge < -0.3 is 15.5 Å². The molecule has 0 aliphatic heterocycles. The van der Waals surface area contributed by atoms with E-state index in [1.165, 1.54) is 5.56 Å². The maximum Gasteiger partial charge on any atom is 0.134 e. The van der Waals surface area contributed by atoms with Crippen LogP contribution in [0, 0.1) is 5.41 Å². The Morgan fingerprint density at radius 3 is 2.71 bits per heavy atom. The third-order valence-corrected chi connectivity index (χ3v) is 3.42. The maximum atomic E-state index is 5.86. The Labute approximate surface area is 102 Å². The summed E-state index contributed by atoms with van der Waals surface area (Å²) in [5.74, 6) is 0. The summed E-state index contributed by atoms with van der Waals surface area (Å²) in [7, 11) is 1.96. The van der Waals surface area contributed by atoms with Gasteiger partial charge in [0.25, 0.3) is 0 Å². The first-order valence-electron chi connectivity index (χ1n) is 5.93. The smallest absolute Gasteiger partial charge is 0.134 e. The molecule has 1 atom stereocenters. The average Bonchev–Trinajstić information content (AvgIpc) is 2.74. The van der Waals surface area contributed by atoms with Gasteiger partial charge in [-0.1, -0.05) is 32.0 Å². The van der Waals surface area contributed by atoms with Gasteiger partial charge in [0.15, 0.2) is 0 Å². The number of nitrogens with two attached hydrogens (primary N) is 1. The Balaban J connectivity index is 2.51. The van der Waals surface area contributed by atoms with Crippen molar-refractivity contribution in [2.75, 3.05) is 13.6 Å². The van der Waals surface area contributed by atoms with Crippen LogP contribution in [0.15, 0.2) is 34.9 Å². The number of para-hydroxylation sites is 1. The number of nitrogens with one attached hydrogen (secondary N) is 1. The van der Waals surface area contributed by atoms with Crippen molar-refractivity contribution in [1.82, 2.24) is 5.32 Å². The normalized spacial score (nSPS) is 14.1. The van der Waals surface area contributed by atoms with Gasteiger partial charge in [0.05, 0.1) is 6.26 Å². The van der Waals surface area contributed by atoms with Gasteiger partial charge in [0.2, 0.25) is 0 Å². The molecular formula is C14H20N2O. The summed E-state index contributed by atoms with van der Waals surface area (Å²) < 4.78 is 5.59. The van der Waals surface area contributed by atoms with E-state index in [1.54, 1.807) is 0 Å². The topological polar surface area (TPSA) is 51.2 Å². The van der Waals surface area contributed by atoms with Crippen LogP contribution >= 0.6 is 0 Å². The zero-order valence-electron chi connectivity index (χ0n) is 10.7. The molecule has 3 N–H and O–H groups in total. The summed E-state index contributed by atoms with van der Waals surface area (Å²) >= 11 is 0. The zero-order valence-corrected chi connectivity index (χ0v) is 10.7. The fourth-order valence-electron chi connectivity index (χ4n) is 2.31. The number of rotatable bonds is 4. The van der Waals surface area contributed by atoms with Crippen molar-refractivity contribution in [1.29, 1.82) is 0 Å². The van der Waals surface area contributed by atoms with Crippen molar-refractivity contribution in [3.63, 3.8) is 0 Å². The fourth-order valence-corrected chi connectivity index (χ4v) is 2.31. The van der Waals surface area contributed by atoms with E-state index in [4.69, 9.17) is 10.2 Å². The minimum absolute atomic E-state index is 0.0125. The molecule has 0 saturated carbocycles. The molecule has 0 saturated heterocycles. The predicted octanol–water partition coefficient (Wildman–Crippen LogP) is 2.68. The molecule has 0 fully saturated rings. The van der Waals surface area contributed by atoms with Crippen molar-refractivity contribution in [3.8, 4) is 0 Å². The van der Waals surface area contributed by atoms with Crippen molar-refractivity contribution in [2.24, 2.45) is 11.1 Å². The van der Waals surface area contributed by atoms with Crippen LogP contribution in [0.3, 0.4) is 0 Å². The Bertz CT molecular complexity index is 502. The van der Waals surface area contributed by atoms with Crippen molar-refractivity contribution in [2.45, 2.75) is 19.9 Å². The molecule has 0 radical (unpaired) electrons. The standard InChI is InChI=1S/C14H20N2O/c1-14(2,9-15)13(16-3)11-8-17-12-7-5-4-6-10(11)12/h4-8,13,16H,9,15H2,1-3H3. The van der Waals surface area contributed by atoms with Gasteiger partial charge in [-0.25, -0.2) is 0 Å². The largest absolute Gasteiger partial charge is 0.464 e. The molecular weight excluding hydrogens is 212 g/mol. The van der Waals surface area contributed by atoms with E-state index >= 15 is 0 Å². The highest BCUT2D eigenvalue weighted by Gasteiger charge is 2.30. The van der Waals surface area contributed by atoms with Gasteiger partial charge in [-0.15, -0.1) is 0 Å². The first-order valence-corrected chi connectivity index (χ1v) is 5.93. The number of fused-ring (bicyclic) bond motifs is 1. The summed E-state index contributed by atoms with van der Waals surface area (Å²) in [4.78, 5) is 0. The Hall–Kier alpha value is -1.32. The second kappa shape index (κ2) is 4.51. The minimum atomic E-state index is -0.0125. The summed E-state index contributed by atoms with van der Waals surface area (Å²) in [5.41, 5.74) is 7.96. The van der Waals surface area contributed by atoms with Crippen LogP contribution in [0.4, 0.5) is 0 Å². The highest BCUT2D eigenvalue weighted by molar-refractivity contribution is 5.81. The molecule has 0 aliphatic rings. The second-order valence-electron chi connectivity index (χ2n) is 5.10. The first-order chi connectivity index (χ1) is 8.10. The van der Waals surface area contributed by atoms with E-state index in [0.717, 1.165) is 11.0 Å². The lowest BCUT2D eigenvalue weighted by molar-refractivity contribution is 0.265. The van der Waals surface area contributed by atoms with Crippen LogP contribution in [0.25, 0.3) is 11.0 Å². The molecule has 1 aromatic heterocycles. The van der Waals surface area contributed by atoms with Crippen molar-refractivity contribution < 1.29 is 4.42 Å². The molecule has 3 heteroatoms. The number of furan rings is 1. The summed E-state index contributed by atoms with van der Waals surface area (Å²) in [6.45, 7) is 4.95. The average molecular weight is 232 g/mol. The van der Waals surface area contributed by atoms with Gasteiger partial charge in [0, 0.05) is 17.0 Å². The van der Waals surface area contributed by atoms with E-state index < -0.39 is 0 Å². The molecule has 1 aromatic carbocycles. The molecule has 0 spiro atoms. The molecule has 0 bridgehead atoms. The SMILES string of the molecule is CNC(c1coc2ccccc12)C(C)(C)CN. The second-order valence-corrected chi connectivity index (χ2v) is 5.10. The molecule has 1 unspecified atom stereocenters. The van der Waals surface area contributed by atoms with Gasteiger partial charge >= 0.3 is 0 Å². The van der Waals surface area contributed by atoms with E-state index in [2.05, 4.69) is 25.2 Å². The third kappa shape index (κ3) is 2.08. The van der Waals surface area contributed by atoms with Gasteiger partial charge in [-0.05, 0) is 25.1 Å². The van der Waals surface area contributed by atoms with E-state index in [1.807, 2.05) is 31.5 Å². The highest BCUT2D eigenvalue weighted by Crippen LogP contribution is 2.36. The Kier molecular flexibility index (Phi) is 3.22. The minimum Gasteiger partial charge on any atom is -0.464 e. The van der Waals surface area contributed by atoms with Crippen LogP contribution in [-0.4, -0.2) is 13.6 Å². The Morgan fingerprint density at radius 1 is 1.35 bits per heavy atom. The van der Waals surface area contributed by atoms with Crippen LogP contribution in [-0.2, 0) is 0 Å². The van der Waals surface area contributed by atoms with Gasteiger partial charge in [-0.3, -0.25) is 0 Å².